The first-order valence-corrected chi connectivity index (χ1v) is 12.7. The standard InChI is InChI=1S/C24H31N3O3S/c28-24-10-7-15-26(24)19-20-11-13-21(14-12-20)23-9-4-3-8-22(23)18-25-31(29,30)27-16-5-1-2-6-17-27/h3-4,8-9,11-14,25H,1-2,5-7,10,15-19H2. The first-order chi connectivity index (χ1) is 15.0. The van der Waals surface area contributed by atoms with Gasteiger partial charge < -0.3 is 4.90 Å². The van der Waals surface area contributed by atoms with Gasteiger partial charge in [-0.15, -0.1) is 0 Å². The van der Waals surface area contributed by atoms with Crippen molar-refractivity contribution in [3.05, 3.63) is 59.7 Å². The highest BCUT2D eigenvalue weighted by Crippen LogP contribution is 2.25. The zero-order valence-electron chi connectivity index (χ0n) is 17.9. The Balaban J connectivity index is 1.45. The van der Waals surface area contributed by atoms with Crippen LogP contribution in [0.25, 0.3) is 11.1 Å². The van der Waals surface area contributed by atoms with Gasteiger partial charge in [0.2, 0.25) is 5.91 Å². The molecule has 0 radical (unpaired) electrons. The van der Waals surface area contributed by atoms with Crippen molar-refractivity contribution in [2.75, 3.05) is 19.6 Å². The average molecular weight is 442 g/mol. The van der Waals surface area contributed by atoms with E-state index in [1.165, 1.54) is 0 Å². The Morgan fingerprint density at radius 1 is 0.839 bits per heavy atom. The van der Waals surface area contributed by atoms with E-state index in [-0.39, 0.29) is 12.5 Å². The second-order valence-corrected chi connectivity index (χ2v) is 10.2. The molecule has 2 aliphatic heterocycles. The lowest BCUT2D eigenvalue weighted by molar-refractivity contribution is -0.128. The molecule has 1 N–H and O–H groups in total. The Morgan fingerprint density at radius 2 is 1.55 bits per heavy atom. The van der Waals surface area contributed by atoms with Gasteiger partial charge in [-0.25, -0.2) is 0 Å². The summed E-state index contributed by atoms with van der Waals surface area (Å²) in [6.45, 7) is 2.94. The Labute approximate surface area is 185 Å². The Bertz CT molecular complexity index is 997. The second-order valence-electron chi connectivity index (χ2n) is 8.41. The van der Waals surface area contributed by atoms with E-state index in [4.69, 9.17) is 0 Å². The fourth-order valence-corrected chi connectivity index (χ4v) is 5.64. The van der Waals surface area contributed by atoms with Gasteiger partial charge in [0.25, 0.3) is 10.2 Å². The molecule has 4 rings (SSSR count). The van der Waals surface area contributed by atoms with E-state index in [9.17, 15) is 13.2 Å². The maximum absolute atomic E-state index is 12.8. The second kappa shape index (κ2) is 9.94. The van der Waals surface area contributed by atoms with Crippen molar-refractivity contribution < 1.29 is 13.2 Å². The zero-order valence-corrected chi connectivity index (χ0v) is 18.7. The summed E-state index contributed by atoms with van der Waals surface area (Å²) in [6, 6.07) is 16.1. The van der Waals surface area contributed by atoms with Crippen molar-refractivity contribution in [2.24, 2.45) is 0 Å². The fraction of sp³-hybridized carbons (Fsp3) is 0.458. The van der Waals surface area contributed by atoms with E-state index in [0.717, 1.165) is 60.9 Å². The quantitative estimate of drug-likeness (QED) is 0.713. The van der Waals surface area contributed by atoms with Crippen LogP contribution in [0, 0.1) is 0 Å². The topological polar surface area (TPSA) is 69.7 Å². The summed E-state index contributed by atoms with van der Waals surface area (Å²) in [5.74, 6) is 0.228. The lowest BCUT2D eigenvalue weighted by Crippen LogP contribution is -2.40. The maximum atomic E-state index is 12.8. The van der Waals surface area contributed by atoms with Crippen molar-refractivity contribution in [1.29, 1.82) is 0 Å². The molecule has 0 spiro atoms. The normalized spacial score (nSPS) is 18.3. The monoisotopic (exact) mass is 441 g/mol. The minimum atomic E-state index is -3.48. The van der Waals surface area contributed by atoms with Crippen molar-refractivity contribution in [3.63, 3.8) is 0 Å². The molecule has 0 atom stereocenters. The van der Waals surface area contributed by atoms with Crippen LogP contribution < -0.4 is 4.72 Å². The van der Waals surface area contributed by atoms with E-state index in [1.54, 1.807) is 4.31 Å². The molecule has 2 fully saturated rings. The summed E-state index contributed by atoms with van der Waals surface area (Å²) in [5.41, 5.74) is 4.12. The molecule has 166 valence electrons. The van der Waals surface area contributed by atoms with Gasteiger partial charge in [0.1, 0.15) is 0 Å². The number of nitrogens with one attached hydrogen (secondary N) is 1. The number of hydrogen-bond donors (Lipinski definition) is 1. The highest BCUT2D eigenvalue weighted by Gasteiger charge is 2.23. The molecule has 6 nitrogen and oxygen atoms in total. The van der Waals surface area contributed by atoms with Crippen LogP contribution in [-0.4, -0.2) is 43.2 Å². The SMILES string of the molecule is O=C1CCCN1Cc1ccc(-c2ccccc2CNS(=O)(=O)N2CCCCCC2)cc1. The summed E-state index contributed by atoms with van der Waals surface area (Å²) < 4.78 is 29.9. The number of hydrogen-bond acceptors (Lipinski definition) is 3. The van der Waals surface area contributed by atoms with Crippen molar-refractivity contribution in [3.8, 4) is 11.1 Å². The van der Waals surface area contributed by atoms with E-state index in [0.29, 0.717) is 26.1 Å². The summed E-state index contributed by atoms with van der Waals surface area (Å²) in [5, 5.41) is 0. The maximum Gasteiger partial charge on any atom is 0.279 e. The predicted molar refractivity (Wildman–Crippen MR) is 122 cm³/mol. The van der Waals surface area contributed by atoms with Gasteiger partial charge in [-0.2, -0.15) is 17.4 Å². The van der Waals surface area contributed by atoms with Crippen LogP contribution in [-0.2, 0) is 28.1 Å². The third-order valence-corrected chi connectivity index (χ3v) is 7.73. The number of benzene rings is 2. The van der Waals surface area contributed by atoms with Crippen molar-refractivity contribution in [2.45, 2.75) is 51.6 Å². The zero-order chi connectivity index (χ0) is 21.7. The van der Waals surface area contributed by atoms with Crippen LogP contribution >= 0.6 is 0 Å². The fourth-order valence-electron chi connectivity index (χ4n) is 4.38. The first-order valence-electron chi connectivity index (χ1n) is 11.2. The van der Waals surface area contributed by atoms with Gasteiger partial charge in [-0.1, -0.05) is 61.4 Å². The van der Waals surface area contributed by atoms with Gasteiger partial charge in [0, 0.05) is 39.1 Å². The van der Waals surface area contributed by atoms with Gasteiger partial charge >= 0.3 is 0 Å². The highest BCUT2D eigenvalue weighted by molar-refractivity contribution is 7.87. The molecule has 0 bridgehead atoms. The largest absolute Gasteiger partial charge is 0.338 e. The van der Waals surface area contributed by atoms with E-state index < -0.39 is 10.2 Å². The third kappa shape index (κ3) is 5.53. The summed E-state index contributed by atoms with van der Waals surface area (Å²) >= 11 is 0. The van der Waals surface area contributed by atoms with Gasteiger partial charge in [-0.05, 0) is 41.5 Å². The molecule has 0 aromatic heterocycles. The molecule has 2 heterocycles. The molecule has 31 heavy (non-hydrogen) atoms. The van der Waals surface area contributed by atoms with Crippen LogP contribution in [0.5, 0.6) is 0 Å². The molecule has 2 aromatic carbocycles. The van der Waals surface area contributed by atoms with Gasteiger partial charge in [0.05, 0.1) is 0 Å². The molecule has 0 saturated carbocycles. The summed E-state index contributed by atoms with van der Waals surface area (Å²) in [4.78, 5) is 13.8. The highest BCUT2D eigenvalue weighted by atomic mass is 32.2. The summed E-state index contributed by atoms with van der Waals surface area (Å²) in [6.07, 6.45) is 5.63. The van der Waals surface area contributed by atoms with Crippen molar-refractivity contribution >= 4 is 16.1 Å². The Hall–Kier alpha value is -2.22. The molecule has 0 aliphatic carbocycles. The van der Waals surface area contributed by atoms with Crippen LogP contribution in [0.2, 0.25) is 0 Å². The number of nitrogens with zero attached hydrogens (tertiary/aromatic N) is 2. The Kier molecular flexibility index (Phi) is 7.05. The number of carbonyl (C=O) groups is 1. The van der Waals surface area contributed by atoms with Crippen LogP contribution in [0.15, 0.2) is 48.5 Å². The van der Waals surface area contributed by atoms with Gasteiger partial charge in [-0.3, -0.25) is 4.79 Å². The lowest BCUT2D eigenvalue weighted by Gasteiger charge is -2.21. The minimum Gasteiger partial charge on any atom is -0.338 e. The first kappa shape index (κ1) is 22.0. The number of carbonyl (C=O) groups excluding carboxylic acids is 1. The van der Waals surface area contributed by atoms with E-state index >= 15 is 0 Å². The number of rotatable bonds is 7. The number of amides is 1. The van der Waals surface area contributed by atoms with E-state index in [2.05, 4.69) is 29.0 Å². The molecule has 0 unspecified atom stereocenters. The molecule has 2 saturated heterocycles. The lowest BCUT2D eigenvalue weighted by atomic mass is 9.98. The molecule has 7 heteroatoms. The minimum absolute atomic E-state index is 0.228. The molecular weight excluding hydrogens is 410 g/mol. The molecule has 2 aromatic rings. The number of likely N-dealkylation sites (tertiary alicyclic amines) is 1. The molecule has 2 aliphatic rings. The molecule has 1 amide bonds. The third-order valence-electron chi connectivity index (χ3n) is 6.18. The van der Waals surface area contributed by atoms with Crippen LogP contribution in [0.4, 0.5) is 0 Å². The predicted octanol–water partition coefficient (Wildman–Crippen LogP) is 3.69. The molecular formula is C24H31N3O3S. The van der Waals surface area contributed by atoms with Gasteiger partial charge in [0.15, 0.2) is 0 Å². The smallest absolute Gasteiger partial charge is 0.279 e. The van der Waals surface area contributed by atoms with Crippen LogP contribution in [0.3, 0.4) is 0 Å². The average Bonchev–Trinajstić information content (AvgIpc) is 3.01. The van der Waals surface area contributed by atoms with Crippen LogP contribution in [0.1, 0.15) is 49.7 Å². The van der Waals surface area contributed by atoms with Crippen molar-refractivity contribution in [1.82, 2.24) is 13.9 Å². The Morgan fingerprint density at radius 3 is 2.23 bits per heavy atom. The van der Waals surface area contributed by atoms with E-state index in [1.807, 2.05) is 29.2 Å². The summed E-state index contributed by atoms with van der Waals surface area (Å²) in [7, 11) is -3.48.